The summed E-state index contributed by atoms with van der Waals surface area (Å²) in [6.07, 6.45) is 3.96. The summed E-state index contributed by atoms with van der Waals surface area (Å²) in [5, 5.41) is 12.7. The van der Waals surface area contributed by atoms with Gasteiger partial charge in [-0.3, -0.25) is 4.79 Å². The molecule has 3 aromatic rings. The summed E-state index contributed by atoms with van der Waals surface area (Å²) in [6, 6.07) is 10.1. The van der Waals surface area contributed by atoms with E-state index in [1.807, 2.05) is 42.8 Å². The first-order chi connectivity index (χ1) is 14.0. The van der Waals surface area contributed by atoms with Crippen LogP contribution in [-0.4, -0.2) is 55.3 Å². The molecule has 29 heavy (non-hydrogen) atoms. The maximum atomic E-state index is 12.8. The van der Waals surface area contributed by atoms with Crippen LogP contribution in [0.4, 0.5) is 0 Å². The molecule has 0 radical (unpaired) electrons. The molecule has 0 N–H and O–H groups in total. The zero-order valence-electron chi connectivity index (χ0n) is 17.1. The van der Waals surface area contributed by atoms with Crippen LogP contribution < -0.4 is 0 Å². The number of aryl methyl sites for hydroxylation is 2. The standard InChI is InChI=1S/C21H26N6O2/c1-15-10-16(2)27(23-15)18-7-4-6-17(11-18)12-25(3)21(28)20-14-26(24-22-20)13-19-8-5-9-29-19/h4,6-7,10-11,14,19H,5,8-9,12-13H2,1-3H3. The van der Waals surface area contributed by atoms with E-state index in [0.717, 1.165) is 42.1 Å². The third-order valence-corrected chi connectivity index (χ3v) is 5.10. The van der Waals surface area contributed by atoms with Crippen molar-refractivity contribution in [2.45, 2.75) is 45.9 Å². The van der Waals surface area contributed by atoms with Gasteiger partial charge in [0, 0.05) is 25.9 Å². The molecule has 1 unspecified atom stereocenters. The highest BCUT2D eigenvalue weighted by Gasteiger charge is 2.20. The molecule has 1 amide bonds. The summed E-state index contributed by atoms with van der Waals surface area (Å²) in [5.41, 5.74) is 4.41. The van der Waals surface area contributed by atoms with Gasteiger partial charge < -0.3 is 9.64 Å². The van der Waals surface area contributed by atoms with E-state index in [9.17, 15) is 4.79 Å². The van der Waals surface area contributed by atoms with Crippen LogP contribution >= 0.6 is 0 Å². The number of nitrogens with zero attached hydrogens (tertiary/aromatic N) is 6. The highest BCUT2D eigenvalue weighted by molar-refractivity contribution is 5.91. The molecule has 0 aliphatic carbocycles. The van der Waals surface area contributed by atoms with Gasteiger partial charge in [-0.25, -0.2) is 9.36 Å². The molecule has 0 spiro atoms. The highest BCUT2D eigenvalue weighted by atomic mass is 16.5. The third kappa shape index (κ3) is 4.37. The average Bonchev–Trinajstić information content (AvgIpc) is 3.44. The number of rotatable bonds is 6. The molecule has 8 nitrogen and oxygen atoms in total. The molecule has 1 aliphatic rings. The molecule has 0 bridgehead atoms. The number of carbonyl (C=O) groups is 1. The molecular formula is C21H26N6O2. The summed E-state index contributed by atoms with van der Waals surface area (Å²) in [6.45, 7) is 5.91. The van der Waals surface area contributed by atoms with Gasteiger partial charge in [0.1, 0.15) is 0 Å². The van der Waals surface area contributed by atoms with E-state index >= 15 is 0 Å². The Hall–Kier alpha value is -3.00. The topological polar surface area (TPSA) is 78.1 Å². The Morgan fingerprint density at radius 2 is 2.17 bits per heavy atom. The van der Waals surface area contributed by atoms with Crippen molar-refractivity contribution in [1.29, 1.82) is 0 Å². The average molecular weight is 394 g/mol. The van der Waals surface area contributed by atoms with Crippen LogP contribution in [0.15, 0.2) is 36.5 Å². The highest BCUT2D eigenvalue weighted by Crippen LogP contribution is 2.16. The van der Waals surface area contributed by atoms with Gasteiger partial charge in [0.2, 0.25) is 0 Å². The predicted octanol–water partition coefficient (Wildman–Crippen LogP) is 2.53. The second-order valence-electron chi connectivity index (χ2n) is 7.63. The Morgan fingerprint density at radius 1 is 1.31 bits per heavy atom. The second-order valence-corrected chi connectivity index (χ2v) is 7.63. The molecule has 8 heteroatoms. The minimum Gasteiger partial charge on any atom is -0.376 e. The fraction of sp³-hybridized carbons (Fsp3) is 0.429. The SMILES string of the molecule is Cc1cc(C)n(-c2cccc(CN(C)C(=O)c3cn(CC4CCCO4)nn3)c2)n1. The number of hydrogen-bond acceptors (Lipinski definition) is 5. The van der Waals surface area contributed by atoms with Crippen molar-refractivity contribution in [3.8, 4) is 5.69 Å². The number of benzene rings is 1. The van der Waals surface area contributed by atoms with Crippen molar-refractivity contribution >= 4 is 5.91 Å². The van der Waals surface area contributed by atoms with Crippen LogP contribution in [0.2, 0.25) is 0 Å². The van der Waals surface area contributed by atoms with Gasteiger partial charge in [-0.1, -0.05) is 17.3 Å². The third-order valence-electron chi connectivity index (χ3n) is 5.10. The van der Waals surface area contributed by atoms with Crippen LogP contribution in [0.25, 0.3) is 5.69 Å². The predicted molar refractivity (Wildman–Crippen MR) is 108 cm³/mol. The van der Waals surface area contributed by atoms with Crippen LogP contribution in [0.3, 0.4) is 0 Å². The molecule has 1 atom stereocenters. The lowest BCUT2D eigenvalue weighted by Gasteiger charge is -2.16. The van der Waals surface area contributed by atoms with Crippen molar-refractivity contribution in [3.63, 3.8) is 0 Å². The van der Waals surface area contributed by atoms with Crippen molar-refractivity contribution < 1.29 is 9.53 Å². The molecule has 0 saturated carbocycles. The van der Waals surface area contributed by atoms with Gasteiger partial charge in [0.05, 0.1) is 30.2 Å². The van der Waals surface area contributed by atoms with E-state index in [-0.39, 0.29) is 12.0 Å². The van der Waals surface area contributed by atoms with Gasteiger partial charge in [-0.2, -0.15) is 5.10 Å². The van der Waals surface area contributed by atoms with E-state index in [1.54, 1.807) is 22.8 Å². The fourth-order valence-electron chi connectivity index (χ4n) is 3.70. The maximum absolute atomic E-state index is 12.8. The smallest absolute Gasteiger partial charge is 0.276 e. The first-order valence-corrected chi connectivity index (χ1v) is 9.89. The van der Waals surface area contributed by atoms with E-state index in [4.69, 9.17) is 4.74 Å². The van der Waals surface area contributed by atoms with Crippen LogP contribution in [0, 0.1) is 13.8 Å². The van der Waals surface area contributed by atoms with Gasteiger partial charge in [-0.05, 0) is 50.5 Å². The summed E-state index contributed by atoms with van der Waals surface area (Å²) >= 11 is 0. The minimum absolute atomic E-state index is 0.153. The number of hydrogen-bond donors (Lipinski definition) is 0. The maximum Gasteiger partial charge on any atom is 0.276 e. The van der Waals surface area contributed by atoms with Crippen molar-refractivity contribution in [2.75, 3.05) is 13.7 Å². The van der Waals surface area contributed by atoms with E-state index in [1.165, 1.54) is 0 Å². The lowest BCUT2D eigenvalue weighted by atomic mass is 10.2. The number of amides is 1. The van der Waals surface area contributed by atoms with Gasteiger partial charge >= 0.3 is 0 Å². The van der Waals surface area contributed by atoms with E-state index in [0.29, 0.717) is 18.8 Å². The monoisotopic (exact) mass is 394 g/mol. The Bertz CT molecular complexity index is 1000. The zero-order chi connectivity index (χ0) is 20.4. The Kier molecular flexibility index (Phi) is 5.44. The van der Waals surface area contributed by atoms with Gasteiger partial charge in [0.25, 0.3) is 5.91 Å². The van der Waals surface area contributed by atoms with Gasteiger partial charge in [0.15, 0.2) is 5.69 Å². The van der Waals surface area contributed by atoms with E-state index < -0.39 is 0 Å². The largest absolute Gasteiger partial charge is 0.376 e. The Balaban J connectivity index is 1.43. The fourth-order valence-corrected chi connectivity index (χ4v) is 3.70. The normalized spacial score (nSPS) is 16.3. The molecule has 4 rings (SSSR count). The summed E-state index contributed by atoms with van der Waals surface area (Å²) < 4.78 is 9.23. The van der Waals surface area contributed by atoms with Crippen LogP contribution in [0.1, 0.15) is 40.3 Å². The summed E-state index contributed by atoms with van der Waals surface area (Å²) in [5.74, 6) is -0.153. The van der Waals surface area contributed by atoms with Crippen molar-refractivity contribution in [3.05, 3.63) is 59.2 Å². The molecule has 1 saturated heterocycles. The zero-order valence-corrected chi connectivity index (χ0v) is 17.1. The lowest BCUT2D eigenvalue weighted by Crippen LogP contribution is -2.26. The molecule has 152 valence electrons. The minimum atomic E-state index is -0.153. The van der Waals surface area contributed by atoms with Crippen molar-refractivity contribution in [2.24, 2.45) is 0 Å². The molecule has 1 aromatic carbocycles. The van der Waals surface area contributed by atoms with Crippen LogP contribution in [-0.2, 0) is 17.8 Å². The summed E-state index contributed by atoms with van der Waals surface area (Å²) in [7, 11) is 1.78. The quantitative estimate of drug-likeness (QED) is 0.642. The number of carbonyl (C=O) groups excluding carboxylic acids is 1. The Labute approximate surface area is 170 Å². The molecule has 1 aliphatic heterocycles. The molecule has 2 aromatic heterocycles. The lowest BCUT2D eigenvalue weighted by molar-refractivity contribution is 0.0778. The molecule has 1 fully saturated rings. The van der Waals surface area contributed by atoms with E-state index in [2.05, 4.69) is 21.5 Å². The molecular weight excluding hydrogens is 368 g/mol. The first kappa shape index (κ1) is 19.3. The van der Waals surface area contributed by atoms with Crippen LogP contribution in [0.5, 0.6) is 0 Å². The number of ether oxygens (including phenoxy) is 1. The van der Waals surface area contributed by atoms with Gasteiger partial charge in [-0.15, -0.1) is 5.10 Å². The molecule has 3 heterocycles. The second kappa shape index (κ2) is 8.16. The first-order valence-electron chi connectivity index (χ1n) is 9.89. The van der Waals surface area contributed by atoms with Crippen molar-refractivity contribution in [1.82, 2.24) is 29.7 Å². The summed E-state index contributed by atoms with van der Waals surface area (Å²) in [4.78, 5) is 14.4. The Morgan fingerprint density at radius 3 is 2.90 bits per heavy atom. The number of aromatic nitrogens is 5.